The van der Waals surface area contributed by atoms with Crippen molar-refractivity contribution in [2.45, 2.75) is 6.92 Å². The summed E-state index contributed by atoms with van der Waals surface area (Å²) < 4.78 is 0. The summed E-state index contributed by atoms with van der Waals surface area (Å²) in [6, 6.07) is 0. The standard InChI is InChI=1S/C9H14N4O/c1-6-7-8(11-9(14)10-6)13(3)5-4-12(7)2/h4-5H2,1-3H3,(H,10,11,14). The van der Waals surface area contributed by atoms with Crippen molar-refractivity contribution in [3.8, 4) is 0 Å². The van der Waals surface area contributed by atoms with Gasteiger partial charge in [0.15, 0.2) is 5.82 Å². The van der Waals surface area contributed by atoms with E-state index in [2.05, 4.69) is 14.9 Å². The lowest BCUT2D eigenvalue weighted by atomic mass is 10.2. The van der Waals surface area contributed by atoms with Crippen LogP contribution in [-0.4, -0.2) is 37.2 Å². The van der Waals surface area contributed by atoms with Gasteiger partial charge in [-0.15, -0.1) is 0 Å². The molecule has 1 aromatic rings. The molecule has 1 aromatic heterocycles. The summed E-state index contributed by atoms with van der Waals surface area (Å²) in [6.45, 7) is 3.76. The van der Waals surface area contributed by atoms with Gasteiger partial charge in [-0.2, -0.15) is 4.98 Å². The maximum absolute atomic E-state index is 11.2. The van der Waals surface area contributed by atoms with E-state index >= 15 is 0 Å². The second-order valence-corrected chi connectivity index (χ2v) is 3.68. The number of aryl methyl sites for hydroxylation is 1. The molecule has 5 nitrogen and oxygen atoms in total. The molecular weight excluding hydrogens is 180 g/mol. The Bertz CT molecular complexity index is 412. The third-order valence-corrected chi connectivity index (χ3v) is 2.58. The largest absolute Gasteiger partial charge is 0.368 e. The van der Waals surface area contributed by atoms with Crippen LogP contribution in [0.25, 0.3) is 0 Å². The van der Waals surface area contributed by atoms with E-state index in [1.54, 1.807) is 0 Å². The zero-order valence-electron chi connectivity index (χ0n) is 8.66. The Kier molecular flexibility index (Phi) is 1.94. The Balaban J connectivity index is 2.66. The third-order valence-electron chi connectivity index (χ3n) is 2.58. The lowest BCUT2D eigenvalue weighted by Gasteiger charge is -2.33. The first-order valence-corrected chi connectivity index (χ1v) is 4.63. The Hall–Kier alpha value is -1.52. The van der Waals surface area contributed by atoms with Crippen LogP contribution in [0.4, 0.5) is 11.5 Å². The van der Waals surface area contributed by atoms with Crippen molar-refractivity contribution in [1.29, 1.82) is 0 Å². The number of anilines is 2. The molecule has 0 saturated heterocycles. The average Bonchev–Trinajstić information content (AvgIpc) is 2.10. The summed E-state index contributed by atoms with van der Waals surface area (Å²) in [5.74, 6) is 0.778. The molecule has 14 heavy (non-hydrogen) atoms. The molecule has 0 bridgehead atoms. The normalized spacial score (nSPS) is 15.6. The number of rotatable bonds is 0. The highest BCUT2D eigenvalue weighted by Crippen LogP contribution is 2.29. The molecule has 76 valence electrons. The molecule has 0 aliphatic carbocycles. The highest BCUT2D eigenvalue weighted by molar-refractivity contribution is 5.70. The highest BCUT2D eigenvalue weighted by atomic mass is 16.1. The van der Waals surface area contributed by atoms with E-state index in [0.29, 0.717) is 0 Å². The molecule has 2 heterocycles. The number of hydrogen-bond acceptors (Lipinski definition) is 4. The molecule has 0 fully saturated rings. The summed E-state index contributed by atoms with van der Waals surface area (Å²) in [5.41, 5.74) is 1.64. The Morgan fingerprint density at radius 1 is 1.29 bits per heavy atom. The van der Waals surface area contributed by atoms with E-state index in [1.807, 2.05) is 25.9 Å². The van der Waals surface area contributed by atoms with Crippen LogP contribution in [0.5, 0.6) is 0 Å². The van der Waals surface area contributed by atoms with E-state index in [4.69, 9.17) is 0 Å². The van der Waals surface area contributed by atoms with Crippen molar-refractivity contribution in [3.05, 3.63) is 16.2 Å². The Morgan fingerprint density at radius 2 is 1.93 bits per heavy atom. The quantitative estimate of drug-likeness (QED) is 0.630. The van der Waals surface area contributed by atoms with Gasteiger partial charge in [-0.05, 0) is 6.92 Å². The SMILES string of the molecule is Cc1[nH]c(=O)nc2c1N(C)CCN2C. The molecule has 1 aliphatic rings. The molecular formula is C9H14N4O. The maximum atomic E-state index is 11.2. The van der Waals surface area contributed by atoms with Crippen molar-refractivity contribution in [1.82, 2.24) is 9.97 Å². The summed E-state index contributed by atoms with van der Waals surface area (Å²) in [6.07, 6.45) is 0. The second kappa shape index (κ2) is 3.01. The summed E-state index contributed by atoms with van der Waals surface area (Å²) in [7, 11) is 3.97. The van der Waals surface area contributed by atoms with Gasteiger partial charge in [0.05, 0.1) is 5.69 Å². The third kappa shape index (κ3) is 1.25. The molecule has 0 saturated carbocycles. The lowest BCUT2D eigenvalue weighted by Crippen LogP contribution is -2.39. The van der Waals surface area contributed by atoms with Gasteiger partial charge in [0, 0.05) is 32.9 Å². The summed E-state index contributed by atoms with van der Waals surface area (Å²) in [4.78, 5) is 22.0. The van der Waals surface area contributed by atoms with Crippen molar-refractivity contribution in [2.24, 2.45) is 0 Å². The van der Waals surface area contributed by atoms with Crippen molar-refractivity contribution >= 4 is 11.5 Å². The number of nitrogens with zero attached hydrogens (tertiary/aromatic N) is 3. The van der Waals surface area contributed by atoms with Crippen LogP contribution < -0.4 is 15.5 Å². The molecule has 5 heteroatoms. The Morgan fingerprint density at radius 3 is 2.64 bits per heavy atom. The van der Waals surface area contributed by atoms with Gasteiger partial charge in [-0.25, -0.2) is 4.79 Å². The monoisotopic (exact) mass is 194 g/mol. The predicted octanol–water partition coefficient (Wildman–Crippen LogP) is -0.0357. The van der Waals surface area contributed by atoms with Crippen LogP contribution in [-0.2, 0) is 0 Å². The first-order valence-electron chi connectivity index (χ1n) is 4.63. The molecule has 0 aromatic carbocycles. The zero-order valence-corrected chi connectivity index (χ0v) is 8.66. The summed E-state index contributed by atoms with van der Waals surface area (Å²) in [5, 5.41) is 0. The number of nitrogens with one attached hydrogen (secondary N) is 1. The van der Waals surface area contributed by atoms with Gasteiger partial charge < -0.3 is 14.8 Å². The van der Waals surface area contributed by atoms with E-state index in [9.17, 15) is 4.79 Å². The van der Waals surface area contributed by atoms with E-state index in [-0.39, 0.29) is 5.69 Å². The number of aromatic nitrogens is 2. The summed E-state index contributed by atoms with van der Waals surface area (Å²) >= 11 is 0. The van der Waals surface area contributed by atoms with Crippen LogP contribution in [0.3, 0.4) is 0 Å². The highest BCUT2D eigenvalue weighted by Gasteiger charge is 2.21. The van der Waals surface area contributed by atoms with Crippen LogP contribution in [0.2, 0.25) is 0 Å². The fourth-order valence-corrected chi connectivity index (χ4v) is 1.81. The van der Waals surface area contributed by atoms with Crippen LogP contribution in [0.15, 0.2) is 4.79 Å². The topological polar surface area (TPSA) is 52.2 Å². The van der Waals surface area contributed by atoms with Crippen molar-refractivity contribution in [2.75, 3.05) is 37.0 Å². The maximum Gasteiger partial charge on any atom is 0.347 e. The predicted molar refractivity (Wildman–Crippen MR) is 56.1 cm³/mol. The number of hydrogen-bond donors (Lipinski definition) is 1. The molecule has 0 unspecified atom stereocenters. The van der Waals surface area contributed by atoms with E-state index in [1.165, 1.54) is 0 Å². The smallest absolute Gasteiger partial charge is 0.347 e. The average molecular weight is 194 g/mol. The molecule has 0 spiro atoms. The number of H-pyrrole nitrogens is 1. The second-order valence-electron chi connectivity index (χ2n) is 3.68. The fraction of sp³-hybridized carbons (Fsp3) is 0.556. The first kappa shape index (κ1) is 9.05. The Labute approximate surface area is 82.4 Å². The van der Waals surface area contributed by atoms with Gasteiger partial charge in [-0.3, -0.25) is 0 Å². The minimum absolute atomic E-state index is 0.275. The molecule has 0 radical (unpaired) electrons. The lowest BCUT2D eigenvalue weighted by molar-refractivity contribution is 0.764. The van der Waals surface area contributed by atoms with Crippen molar-refractivity contribution in [3.63, 3.8) is 0 Å². The van der Waals surface area contributed by atoms with Gasteiger partial charge in [0.2, 0.25) is 0 Å². The molecule has 2 rings (SSSR count). The number of fused-ring (bicyclic) bond motifs is 1. The zero-order chi connectivity index (χ0) is 10.3. The van der Waals surface area contributed by atoms with Crippen LogP contribution in [0, 0.1) is 6.92 Å². The molecule has 1 N–H and O–H groups in total. The number of likely N-dealkylation sites (N-methyl/N-ethyl adjacent to an activating group) is 2. The first-order chi connectivity index (χ1) is 6.59. The van der Waals surface area contributed by atoms with Gasteiger partial charge >= 0.3 is 5.69 Å². The molecule has 0 atom stereocenters. The van der Waals surface area contributed by atoms with Gasteiger partial charge in [-0.1, -0.05) is 0 Å². The molecule has 0 amide bonds. The minimum atomic E-state index is -0.275. The van der Waals surface area contributed by atoms with Gasteiger partial charge in [0.1, 0.15) is 0 Å². The minimum Gasteiger partial charge on any atom is -0.368 e. The van der Waals surface area contributed by atoms with Crippen LogP contribution in [0.1, 0.15) is 5.69 Å². The molecule has 1 aliphatic heterocycles. The van der Waals surface area contributed by atoms with Crippen LogP contribution >= 0.6 is 0 Å². The van der Waals surface area contributed by atoms with Crippen molar-refractivity contribution < 1.29 is 0 Å². The fourth-order valence-electron chi connectivity index (χ4n) is 1.81. The number of aromatic amines is 1. The van der Waals surface area contributed by atoms with E-state index < -0.39 is 0 Å². The van der Waals surface area contributed by atoms with Gasteiger partial charge in [0.25, 0.3) is 0 Å². The van der Waals surface area contributed by atoms with E-state index in [0.717, 1.165) is 30.3 Å².